The molecule has 0 saturated heterocycles. The van der Waals surface area contributed by atoms with Gasteiger partial charge < -0.3 is 15.3 Å². The molecule has 1 aromatic carbocycles. The molecule has 0 spiro atoms. The van der Waals surface area contributed by atoms with Gasteiger partial charge in [0, 0.05) is 25.2 Å². The molecule has 1 saturated carbocycles. The van der Waals surface area contributed by atoms with Gasteiger partial charge in [-0.1, -0.05) is 26.0 Å². The average molecular weight is 379 g/mol. The highest BCUT2D eigenvalue weighted by Crippen LogP contribution is 2.25. The van der Waals surface area contributed by atoms with Crippen LogP contribution in [0.2, 0.25) is 0 Å². The number of hydrogen-bond acceptors (Lipinski definition) is 3. The molecule has 150 valence electrons. The van der Waals surface area contributed by atoms with Crippen LogP contribution < -0.4 is 5.32 Å². The zero-order valence-electron chi connectivity index (χ0n) is 16.2. The number of nitrogens with one attached hydrogen (secondary N) is 1. The van der Waals surface area contributed by atoms with Crippen LogP contribution in [-0.4, -0.2) is 65.2 Å². The number of carbonyl (C=O) groups excluding carboxylic acids is 1. The molecule has 0 aromatic heterocycles. The van der Waals surface area contributed by atoms with Crippen molar-refractivity contribution in [3.05, 3.63) is 35.6 Å². The average Bonchev–Trinajstić information content (AvgIpc) is 2.59. The number of halogens is 1. The standard InChI is InChI=1S/C20H30FN3O3/c1-3-9-24(10-8-15-6-5-7-16(21)11-15)20(27)22-17-12-18(13-17)23(4-2)14-19(25)26/h5-7,11,17-18H,3-4,8-10,12-14H2,1-2H3,(H,22,27)(H,25,26). The Hall–Kier alpha value is -2.15. The summed E-state index contributed by atoms with van der Waals surface area (Å²) in [5, 5.41) is 12.0. The van der Waals surface area contributed by atoms with Gasteiger partial charge in [-0.3, -0.25) is 9.69 Å². The third-order valence-electron chi connectivity index (χ3n) is 5.04. The molecular formula is C20H30FN3O3. The normalized spacial score (nSPS) is 18.8. The summed E-state index contributed by atoms with van der Waals surface area (Å²) in [6, 6.07) is 6.65. The molecule has 6 nitrogen and oxygen atoms in total. The Balaban J connectivity index is 1.80. The summed E-state index contributed by atoms with van der Waals surface area (Å²) in [6.45, 7) is 5.89. The molecule has 1 aliphatic rings. The maximum absolute atomic E-state index is 13.3. The summed E-state index contributed by atoms with van der Waals surface area (Å²) in [5.74, 6) is -1.09. The third-order valence-corrected chi connectivity index (χ3v) is 5.04. The summed E-state index contributed by atoms with van der Waals surface area (Å²) in [4.78, 5) is 27.2. The molecule has 1 aromatic rings. The van der Waals surface area contributed by atoms with E-state index in [0.717, 1.165) is 24.8 Å². The van der Waals surface area contributed by atoms with Crippen molar-refractivity contribution in [3.63, 3.8) is 0 Å². The number of benzene rings is 1. The molecule has 0 atom stereocenters. The highest BCUT2D eigenvalue weighted by molar-refractivity contribution is 5.74. The smallest absolute Gasteiger partial charge is 0.317 e. The number of nitrogens with zero attached hydrogens (tertiary/aromatic N) is 2. The quantitative estimate of drug-likeness (QED) is 0.656. The molecule has 2 N–H and O–H groups in total. The Morgan fingerprint density at radius 3 is 2.59 bits per heavy atom. The van der Waals surface area contributed by atoms with Gasteiger partial charge in [-0.15, -0.1) is 0 Å². The van der Waals surface area contributed by atoms with Crippen LogP contribution in [0.3, 0.4) is 0 Å². The van der Waals surface area contributed by atoms with E-state index in [9.17, 15) is 14.0 Å². The first-order valence-corrected chi connectivity index (χ1v) is 9.68. The van der Waals surface area contributed by atoms with Gasteiger partial charge in [-0.25, -0.2) is 9.18 Å². The maximum atomic E-state index is 13.3. The van der Waals surface area contributed by atoms with Crippen LogP contribution in [0.1, 0.15) is 38.7 Å². The SMILES string of the molecule is CCCN(CCc1cccc(F)c1)C(=O)NC1CC(N(CC)CC(=O)O)C1. The van der Waals surface area contributed by atoms with Crippen LogP contribution in [0, 0.1) is 5.82 Å². The van der Waals surface area contributed by atoms with Gasteiger partial charge in [0.1, 0.15) is 5.82 Å². The number of carbonyl (C=O) groups is 2. The minimum absolute atomic E-state index is 0.0391. The Kier molecular flexibility index (Phi) is 8.03. The van der Waals surface area contributed by atoms with E-state index >= 15 is 0 Å². The molecule has 0 bridgehead atoms. The molecule has 2 rings (SSSR count). The Bertz CT molecular complexity index is 635. The largest absolute Gasteiger partial charge is 0.480 e. The fraction of sp³-hybridized carbons (Fsp3) is 0.600. The summed E-state index contributed by atoms with van der Waals surface area (Å²) in [6.07, 6.45) is 3.01. The first-order chi connectivity index (χ1) is 12.9. The van der Waals surface area contributed by atoms with E-state index in [1.165, 1.54) is 12.1 Å². The van der Waals surface area contributed by atoms with E-state index in [4.69, 9.17) is 5.11 Å². The van der Waals surface area contributed by atoms with E-state index in [1.54, 1.807) is 11.0 Å². The summed E-state index contributed by atoms with van der Waals surface area (Å²) in [7, 11) is 0. The predicted molar refractivity (Wildman–Crippen MR) is 102 cm³/mol. The molecule has 1 fully saturated rings. The molecular weight excluding hydrogens is 349 g/mol. The van der Waals surface area contributed by atoms with Crippen molar-refractivity contribution in [2.75, 3.05) is 26.2 Å². The van der Waals surface area contributed by atoms with Crippen molar-refractivity contribution in [2.45, 2.75) is 51.6 Å². The minimum atomic E-state index is -0.823. The predicted octanol–water partition coefficient (Wildman–Crippen LogP) is 2.73. The third kappa shape index (κ3) is 6.50. The van der Waals surface area contributed by atoms with Crippen LogP contribution in [0.15, 0.2) is 24.3 Å². The van der Waals surface area contributed by atoms with E-state index < -0.39 is 5.97 Å². The van der Waals surface area contributed by atoms with Crippen LogP contribution in [-0.2, 0) is 11.2 Å². The van der Waals surface area contributed by atoms with E-state index in [-0.39, 0.29) is 30.5 Å². The van der Waals surface area contributed by atoms with Gasteiger partial charge >= 0.3 is 12.0 Å². The van der Waals surface area contributed by atoms with Crippen molar-refractivity contribution in [3.8, 4) is 0 Å². The van der Waals surface area contributed by atoms with Crippen LogP contribution in [0.25, 0.3) is 0 Å². The Morgan fingerprint density at radius 1 is 1.26 bits per heavy atom. The van der Waals surface area contributed by atoms with Crippen LogP contribution >= 0.6 is 0 Å². The number of urea groups is 1. The first kappa shape index (κ1) is 21.2. The lowest BCUT2D eigenvalue weighted by molar-refractivity contribution is -0.139. The Labute approximate surface area is 160 Å². The highest BCUT2D eigenvalue weighted by Gasteiger charge is 2.35. The topological polar surface area (TPSA) is 72.9 Å². The maximum Gasteiger partial charge on any atom is 0.317 e. The summed E-state index contributed by atoms with van der Waals surface area (Å²) in [5.41, 5.74) is 0.875. The molecule has 1 aliphatic carbocycles. The lowest BCUT2D eigenvalue weighted by Gasteiger charge is -2.42. The van der Waals surface area contributed by atoms with Gasteiger partial charge in [-0.05, 0) is 49.9 Å². The number of aliphatic carboxylic acids is 1. The van der Waals surface area contributed by atoms with E-state index in [2.05, 4.69) is 5.32 Å². The van der Waals surface area contributed by atoms with Crippen molar-refractivity contribution in [1.29, 1.82) is 0 Å². The number of amides is 2. The Morgan fingerprint density at radius 2 is 2.00 bits per heavy atom. The second kappa shape index (κ2) is 10.3. The first-order valence-electron chi connectivity index (χ1n) is 9.68. The lowest BCUT2D eigenvalue weighted by Crippen LogP contribution is -2.57. The number of likely N-dealkylation sites (N-methyl/N-ethyl adjacent to an activating group) is 1. The molecule has 27 heavy (non-hydrogen) atoms. The number of hydrogen-bond donors (Lipinski definition) is 2. The zero-order chi connectivity index (χ0) is 19.8. The van der Waals surface area contributed by atoms with Crippen LogP contribution in [0.5, 0.6) is 0 Å². The van der Waals surface area contributed by atoms with Gasteiger partial charge in [0.2, 0.25) is 0 Å². The van der Waals surface area contributed by atoms with Crippen molar-refractivity contribution < 1.29 is 19.1 Å². The van der Waals surface area contributed by atoms with Gasteiger partial charge in [0.25, 0.3) is 0 Å². The summed E-state index contributed by atoms with van der Waals surface area (Å²) < 4.78 is 13.3. The summed E-state index contributed by atoms with van der Waals surface area (Å²) >= 11 is 0. The number of carboxylic acids is 1. The van der Waals surface area contributed by atoms with Gasteiger partial charge in [-0.2, -0.15) is 0 Å². The monoisotopic (exact) mass is 379 g/mol. The molecule has 0 aliphatic heterocycles. The fourth-order valence-electron chi connectivity index (χ4n) is 3.48. The molecule has 0 radical (unpaired) electrons. The van der Waals surface area contributed by atoms with E-state index in [0.29, 0.717) is 26.1 Å². The minimum Gasteiger partial charge on any atom is -0.480 e. The molecule has 0 heterocycles. The molecule has 0 unspecified atom stereocenters. The van der Waals surface area contributed by atoms with E-state index in [1.807, 2.05) is 24.8 Å². The van der Waals surface area contributed by atoms with Crippen molar-refractivity contribution >= 4 is 12.0 Å². The lowest BCUT2D eigenvalue weighted by atomic mass is 9.85. The van der Waals surface area contributed by atoms with Gasteiger partial charge in [0.05, 0.1) is 6.54 Å². The van der Waals surface area contributed by atoms with Gasteiger partial charge in [0.15, 0.2) is 0 Å². The number of carboxylic acid groups (broad SMARTS) is 1. The zero-order valence-corrected chi connectivity index (χ0v) is 16.2. The number of rotatable bonds is 10. The van der Waals surface area contributed by atoms with Crippen LogP contribution in [0.4, 0.5) is 9.18 Å². The second-order valence-electron chi connectivity index (χ2n) is 7.10. The van der Waals surface area contributed by atoms with Crippen molar-refractivity contribution in [1.82, 2.24) is 15.1 Å². The van der Waals surface area contributed by atoms with Crippen molar-refractivity contribution in [2.24, 2.45) is 0 Å². The molecule has 7 heteroatoms. The second-order valence-corrected chi connectivity index (χ2v) is 7.10. The molecule has 2 amide bonds. The fourth-order valence-corrected chi connectivity index (χ4v) is 3.48. The highest BCUT2D eigenvalue weighted by atomic mass is 19.1.